The van der Waals surface area contributed by atoms with Crippen LogP contribution in [0.15, 0.2) is 24.3 Å². The van der Waals surface area contributed by atoms with Gasteiger partial charge in [0.25, 0.3) is 0 Å². The highest BCUT2D eigenvalue weighted by Crippen LogP contribution is 2.21. The summed E-state index contributed by atoms with van der Waals surface area (Å²) in [4.78, 5) is 0. The lowest BCUT2D eigenvalue weighted by Gasteiger charge is -2.26. The molecule has 2 nitrogen and oxygen atoms in total. The van der Waals surface area contributed by atoms with Crippen LogP contribution in [0.1, 0.15) is 44.9 Å². The van der Waals surface area contributed by atoms with Crippen LogP contribution < -0.4 is 5.32 Å². The molecule has 0 radical (unpaired) electrons. The molecule has 0 aromatic heterocycles. The molecule has 1 unspecified atom stereocenters. The van der Waals surface area contributed by atoms with E-state index in [9.17, 15) is 0 Å². The number of hydrogen-bond acceptors (Lipinski definition) is 2. The van der Waals surface area contributed by atoms with Crippen molar-refractivity contribution < 1.29 is 4.74 Å². The highest BCUT2D eigenvalue weighted by molar-refractivity contribution is 5.28. The Balaban J connectivity index is 2.75. The van der Waals surface area contributed by atoms with Crippen LogP contribution in [0.5, 0.6) is 0 Å². The fourth-order valence-corrected chi connectivity index (χ4v) is 1.81. The molecule has 0 saturated carbocycles. The Hall–Kier alpha value is -0.860. The minimum Gasteiger partial charge on any atom is -0.372 e. The van der Waals surface area contributed by atoms with Crippen molar-refractivity contribution in [1.29, 1.82) is 0 Å². The second kappa shape index (κ2) is 6.18. The van der Waals surface area contributed by atoms with Gasteiger partial charge in [0.05, 0.1) is 6.10 Å². The van der Waals surface area contributed by atoms with Crippen molar-refractivity contribution in [3.63, 3.8) is 0 Å². The monoisotopic (exact) mass is 235 g/mol. The molecule has 0 aliphatic heterocycles. The average Bonchev–Trinajstić information content (AvgIpc) is 2.24. The molecule has 1 rings (SSSR count). The fraction of sp³-hybridized carbons (Fsp3) is 0.600. The predicted octanol–water partition coefficient (Wildman–Crippen LogP) is 3.46. The second-order valence-corrected chi connectivity index (χ2v) is 5.43. The van der Waals surface area contributed by atoms with Gasteiger partial charge in [-0.15, -0.1) is 0 Å². The molecule has 0 amide bonds. The van der Waals surface area contributed by atoms with Crippen LogP contribution in [0.2, 0.25) is 0 Å². The Morgan fingerprint density at radius 3 is 2.41 bits per heavy atom. The van der Waals surface area contributed by atoms with E-state index in [1.165, 1.54) is 11.1 Å². The Morgan fingerprint density at radius 1 is 1.24 bits per heavy atom. The predicted molar refractivity (Wildman–Crippen MR) is 73.3 cm³/mol. The van der Waals surface area contributed by atoms with Gasteiger partial charge in [0, 0.05) is 18.7 Å². The Kier molecular flexibility index (Phi) is 5.16. The van der Waals surface area contributed by atoms with E-state index in [0.29, 0.717) is 0 Å². The Bertz CT molecular complexity index is 341. The maximum absolute atomic E-state index is 5.84. The topological polar surface area (TPSA) is 21.3 Å². The number of benzene rings is 1. The average molecular weight is 235 g/mol. The summed E-state index contributed by atoms with van der Waals surface area (Å²) in [5.41, 5.74) is 2.70. The normalized spacial score (nSPS) is 13.7. The van der Waals surface area contributed by atoms with Crippen molar-refractivity contribution in [2.24, 2.45) is 0 Å². The molecule has 1 aromatic carbocycles. The number of hydrogen-bond donors (Lipinski definition) is 1. The first kappa shape index (κ1) is 14.2. The van der Waals surface area contributed by atoms with Gasteiger partial charge in [-0.2, -0.15) is 0 Å². The Morgan fingerprint density at radius 2 is 1.88 bits per heavy atom. The molecular formula is C15H25NO. The molecule has 0 heterocycles. The molecule has 0 saturated heterocycles. The van der Waals surface area contributed by atoms with Crippen LogP contribution in [-0.4, -0.2) is 18.7 Å². The van der Waals surface area contributed by atoms with Crippen molar-refractivity contribution in [3.8, 4) is 0 Å². The van der Waals surface area contributed by atoms with Gasteiger partial charge in [-0.3, -0.25) is 0 Å². The van der Waals surface area contributed by atoms with Crippen molar-refractivity contribution >= 4 is 0 Å². The third-order valence-corrected chi connectivity index (χ3v) is 2.72. The first-order chi connectivity index (χ1) is 7.94. The van der Waals surface area contributed by atoms with Gasteiger partial charge >= 0.3 is 0 Å². The van der Waals surface area contributed by atoms with Gasteiger partial charge in [-0.05, 0) is 45.7 Å². The zero-order chi connectivity index (χ0) is 12.9. The van der Waals surface area contributed by atoms with E-state index in [-0.39, 0.29) is 11.6 Å². The second-order valence-electron chi connectivity index (χ2n) is 5.43. The van der Waals surface area contributed by atoms with Crippen molar-refractivity contribution in [2.45, 2.75) is 46.3 Å². The van der Waals surface area contributed by atoms with Gasteiger partial charge in [-0.1, -0.05) is 24.3 Å². The molecular weight excluding hydrogens is 210 g/mol. The van der Waals surface area contributed by atoms with Crippen molar-refractivity contribution in [2.75, 3.05) is 13.2 Å². The van der Waals surface area contributed by atoms with E-state index in [4.69, 9.17) is 4.74 Å². The number of rotatable bonds is 5. The standard InChI is InChI=1S/C15H25NO/c1-6-17-14(11-16-15(3,4)5)13-10-8-7-9-12(13)2/h7-10,14,16H,6,11H2,1-5H3. The van der Waals surface area contributed by atoms with Gasteiger partial charge in [-0.25, -0.2) is 0 Å². The van der Waals surface area contributed by atoms with Crippen molar-refractivity contribution in [3.05, 3.63) is 35.4 Å². The molecule has 1 N–H and O–H groups in total. The minimum atomic E-state index is 0.123. The molecule has 0 fully saturated rings. The summed E-state index contributed by atoms with van der Waals surface area (Å²) in [6.45, 7) is 12.3. The highest BCUT2D eigenvalue weighted by atomic mass is 16.5. The zero-order valence-electron chi connectivity index (χ0n) is 11.7. The molecule has 0 aliphatic carbocycles. The summed E-state index contributed by atoms with van der Waals surface area (Å²) in [7, 11) is 0. The van der Waals surface area contributed by atoms with E-state index < -0.39 is 0 Å². The molecule has 0 aliphatic rings. The van der Waals surface area contributed by atoms with Crippen LogP contribution in [0.3, 0.4) is 0 Å². The van der Waals surface area contributed by atoms with Gasteiger partial charge in [0.1, 0.15) is 0 Å². The van der Waals surface area contributed by atoms with E-state index in [0.717, 1.165) is 13.2 Å². The number of ether oxygens (including phenoxy) is 1. The van der Waals surface area contributed by atoms with Gasteiger partial charge in [0.2, 0.25) is 0 Å². The fourth-order valence-electron chi connectivity index (χ4n) is 1.81. The smallest absolute Gasteiger partial charge is 0.0951 e. The molecule has 2 heteroatoms. The molecule has 17 heavy (non-hydrogen) atoms. The maximum atomic E-state index is 5.84. The van der Waals surface area contributed by atoms with E-state index in [2.05, 4.69) is 57.3 Å². The largest absolute Gasteiger partial charge is 0.372 e. The molecule has 0 spiro atoms. The summed E-state index contributed by atoms with van der Waals surface area (Å²) in [6, 6.07) is 8.43. The zero-order valence-corrected chi connectivity index (χ0v) is 11.7. The van der Waals surface area contributed by atoms with Crippen LogP contribution in [-0.2, 0) is 4.74 Å². The number of aryl methyl sites for hydroxylation is 1. The lowest BCUT2D eigenvalue weighted by atomic mass is 10.0. The molecule has 96 valence electrons. The summed E-state index contributed by atoms with van der Waals surface area (Å²) in [5, 5.41) is 3.51. The summed E-state index contributed by atoms with van der Waals surface area (Å²) in [5.74, 6) is 0. The summed E-state index contributed by atoms with van der Waals surface area (Å²) < 4.78 is 5.84. The van der Waals surface area contributed by atoms with Gasteiger partial charge < -0.3 is 10.1 Å². The van der Waals surface area contributed by atoms with E-state index >= 15 is 0 Å². The maximum Gasteiger partial charge on any atom is 0.0951 e. The third-order valence-electron chi connectivity index (χ3n) is 2.72. The minimum absolute atomic E-state index is 0.123. The lowest BCUT2D eigenvalue weighted by molar-refractivity contribution is 0.0572. The first-order valence-corrected chi connectivity index (χ1v) is 6.36. The summed E-state index contributed by atoms with van der Waals surface area (Å²) >= 11 is 0. The molecule has 0 bridgehead atoms. The molecule has 1 aromatic rings. The third kappa shape index (κ3) is 4.88. The quantitative estimate of drug-likeness (QED) is 0.844. The van der Waals surface area contributed by atoms with Crippen LogP contribution in [0, 0.1) is 6.92 Å². The Labute approximate surface area is 105 Å². The van der Waals surface area contributed by atoms with Crippen LogP contribution in [0.4, 0.5) is 0 Å². The lowest BCUT2D eigenvalue weighted by Crippen LogP contribution is -2.39. The van der Waals surface area contributed by atoms with E-state index in [1.54, 1.807) is 0 Å². The number of nitrogens with one attached hydrogen (secondary N) is 1. The van der Waals surface area contributed by atoms with Gasteiger partial charge in [0.15, 0.2) is 0 Å². The highest BCUT2D eigenvalue weighted by Gasteiger charge is 2.17. The SMILES string of the molecule is CCOC(CNC(C)(C)C)c1ccccc1C. The summed E-state index contributed by atoms with van der Waals surface area (Å²) in [6.07, 6.45) is 0.139. The first-order valence-electron chi connectivity index (χ1n) is 6.36. The van der Waals surface area contributed by atoms with E-state index in [1.807, 2.05) is 6.92 Å². The van der Waals surface area contributed by atoms with Crippen LogP contribution >= 0.6 is 0 Å². The molecule has 1 atom stereocenters. The van der Waals surface area contributed by atoms with Crippen molar-refractivity contribution in [1.82, 2.24) is 5.32 Å². The van der Waals surface area contributed by atoms with Crippen LogP contribution in [0.25, 0.3) is 0 Å².